The molecule has 2 aromatic carbocycles. The molecule has 1 heterocycles. The monoisotopic (exact) mass is 436 g/mol. The molecule has 1 amide bonds. The summed E-state index contributed by atoms with van der Waals surface area (Å²) in [5.74, 6) is -2.89. The van der Waals surface area contributed by atoms with Crippen LogP contribution in [0.4, 0.5) is 0 Å². The second-order valence-electron chi connectivity index (χ2n) is 6.16. The maximum absolute atomic E-state index is 12.4. The lowest BCUT2D eigenvalue weighted by molar-refractivity contribution is -0.140. The van der Waals surface area contributed by atoms with E-state index < -0.39 is 23.9 Å². The number of nitrogens with one attached hydrogen (secondary N) is 1. The van der Waals surface area contributed by atoms with Gasteiger partial charge in [-0.2, -0.15) is 0 Å². The van der Waals surface area contributed by atoms with Gasteiger partial charge >= 0.3 is 11.9 Å². The summed E-state index contributed by atoms with van der Waals surface area (Å²) < 4.78 is 5.68. The van der Waals surface area contributed by atoms with Gasteiger partial charge in [-0.05, 0) is 42.8 Å². The molecule has 1 unspecified atom stereocenters. The van der Waals surface area contributed by atoms with Gasteiger partial charge < -0.3 is 19.9 Å². The molecular weight excluding hydrogens is 423 g/mol. The molecule has 0 spiro atoms. The lowest BCUT2D eigenvalue weighted by Gasteiger charge is -2.13. The molecule has 3 aromatic rings. The molecule has 0 bridgehead atoms. The third kappa shape index (κ3) is 5.04. The van der Waals surface area contributed by atoms with Gasteiger partial charge in [0, 0.05) is 27.6 Å². The maximum Gasteiger partial charge on any atom is 0.326 e. The number of carboxylic acids is 2. The molecule has 1 atom stereocenters. The predicted octanol–water partition coefficient (Wildman–Crippen LogP) is 3.85. The summed E-state index contributed by atoms with van der Waals surface area (Å²) in [7, 11) is 0. The number of rotatable bonds is 7. The number of hydrogen-bond acceptors (Lipinski definition) is 5. The van der Waals surface area contributed by atoms with Crippen molar-refractivity contribution >= 4 is 52.1 Å². The van der Waals surface area contributed by atoms with E-state index in [9.17, 15) is 19.5 Å². The summed E-state index contributed by atoms with van der Waals surface area (Å²) in [5.41, 5.74) is 1.49. The van der Waals surface area contributed by atoms with Gasteiger partial charge in [0.2, 0.25) is 5.89 Å². The molecule has 150 valence electrons. The second kappa shape index (κ2) is 8.50. The number of hydrogen-bond donors (Lipinski definition) is 3. The molecule has 10 heteroatoms. The summed E-state index contributed by atoms with van der Waals surface area (Å²) in [6.45, 7) is 0. The zero-order valence-electron chi connectivity index (χ0n) is 14.7. The van der Waals surface area contributed by atoms with Crippen LogP contribution in [0.1, 0.15) is 23.2 Å². The topological polar surface area (TPSA) is 130 Å². The molecule has 3 N–H and O–H groups in total. The molecule has 0 saturated heterocycles. The highest BCUT2D eigenvalue weighted by atomic mass is 35.5. The van der Waals surface area contributed by atoms with Crippen LogP contribution in [0, 0.1) is 0 Å². The Morgan fingerprint density at radius 1 is 1.07 bits per heavy atom. The minimum atomic E-state index is -1.33. The number of carbonyl (C=O) groups excluding carboxylic acids is 1. The van der Waals surface area contributed by atoms with Crippen molar-refractivity contribution in [3.63, 3.8) is 0 Å². The number of oxazole rings is 1. The van der Waals surface area contributed by atoms with Crippen molar-refractivity contribution < 1.29 is 29.0 Å². The molecule has 0 aliphatic carbocycles. The van der Waals surface area contributed by atoms with Gasteiger partial charge in [-0.15, -0.1) is 0 Å². The van der Waals surface area contributed by atoms with Crippen molar-refractivity contribution in [3.05, 3.63) is 52.0 Å². The number of carboxylic acid groups (broad SMARTS) is 2. The van der Waals surface area contributed by atoms with Crippen LogP contribution in [-0.2, 0) is 9.59 Å². The Morgan fingerprint density at radius 2 is 1.76 bits per heavy atom. The number of carbonyl (C=O) groups is 3. The highest BCUT2D eigenvalue weighted by Crippen LogP contribution is 2.29. The number of aromatic nitrogens is 1. The van der Waals surface area contributed by atoms with Gasteiger partial charge in [-0.3, -0.25) is 9.59 Å². The fourth-order valence-electron chi connectivity index (χ4n) is 2.63. The molecule has 0 aliphatic rings. The van der Waals surface area contributed by atoms with Gasteiger partial charge in [-0.1, -0.05) is 23.2 Å². The number of fused-ring (bicyclic) bond motifs is 1. The number of nitrogens with zero attached hydrogens (tertiary/aromatic N) is 1. The third-order valence-electron chi connectivity index (χ3n) is 4.01. The Kier molecular flexibility index (Phi) is 6.05. The largest absolute Gasteiger partial charge is 0.481 e. The van der Waals surface area contributed by atoms with E-state index in [1.807, 2.05) is 0 Å². The van der Waals surface area contributed by atoms with Gasteiger partial charge in [0.25, 0.3) is 5.91 Å². The summed E-state index contributed by atoms with van der Waals surface area (Å²) in [6, 6.07) is 7.94. The van der Waals surface area contributed by atoms with E-state index >= 15 is 0 Å². The first-order chi connectivity index (χ1) is 13.7. The zero-order valence-corrected chi connectivity index (χ0v) is 16.2. The molecule has 29 heavy (non-hydrogen) atoms. The Labute approximate surface area is 174 Å². The van der Waals surface area contributed by atoms with Crippen LogP contribution >= 0.6 is 23.2 Å². The zero-order chi connectivity index (χ0) is 21.1. The van der Waals surface area contributed by atoms with Crippen molar-refractivity contribution in [2.45, 2.75) is 18.9 Å². The Bertz CT molecular complexity index is 1090. The first kappa shape index (κ1) is 20.6. The normalized spacial score (nSPS) is 11.9. The smallest absolute Gasteiger partial charge is 0.326 e. The Hall–Kier alpha value is -3.10. The molecule has 1 aromatic heterocycles. The molecule has 8 nitrogen and oxygen atoms in total. The van der Waals surface area contributed by atoms with Gasteiger partial charge in [-0.25, -0.2) is 9.78 Å². The van der Waals surface area contributed by atoms with Gasteiger partial charge in [0.15, 0.2) is 5.58 Å². The van der Waals surface area contributed by atoms with Crippen LogP contribution in [0.2, 0.25) is 10.0 Å². The fourth-order valence-corrected chi connectivity index (χ4v) is 3.16. The van der Waals surface area contributed by atoms with Gasteiger partial charge in [0.1, 0.15) is 11.6 Å². The van der Waals surface area contributed by atoms with Crippen LogP contribution in [0.25, 0.3) is 22.6 Å². The van der Waals surface area contributed by atoms with Crippen LogP contribution in [0.3, 0.4) is 0 Å². The average Bonchev–Trinajstić information content (AvgIpc) is 3.07. The Balaban J connectivity index is 1.84. The van der Waals surface area contributed by atoms with Crippen molar-refractivity contribution in [2.75, 3.05) is 0 Å². The van der Waals surface area contributed by atoms with Crippen molar-refractivity contribution in [2.24, 2.45) is 0 Å². The van der Waals surface area contributed by atoms with E-state index in [1.54, 1.807) is 24.3 Å². The first-order valence-electron chi connectivity index (χ1n) is 8.35. The number of halogens is 2. The van der Waals surface area contributed by atoms with E-state index in [4.69, 9.17) is 32.7 Å². The summed E-state index contributed by atoms with van der Waals surface area (Å²) in [6.07, 6.45) is -0.620. The quantitative estimate of drug-likeness (QED) is 0.512. The number of amides is 1. The summed E-state index contributed by atoms with van der Waals surface area (Å²) in [5, 5.41) is 21.0. The standard InChI is InChI=1S/C19H14Cl2N2O6/c20-11-5-10(6-12(21)8-11)18-23-13-2-1-9(7-15(13)29-18)17(26)22-14(19(27)28)3-4-16(24)25/h1-2,5-8,14H,3-4H2,(H,22,26)(H,24,25)(H,27,28). The lowest BCUT2D eigenvalue weighted by atomic mass is 10.1. The molecule has 0 saturated carbocycles. The van der Waals surface area contributed by atoms with Crippen molar-refractivity contribution in [1.29, 1.82) is 0 Å². The maximum atomic E-state index is 12.4. The first-order valence-corrected chi connectivity index (χ1v) is 9.11. The van der Waals surface area contributed by atoms with Crippen molar-refractivity contribution in [3.8, 4) is 11.5 Å². The minimum Gasteiger partial charge on any atom is -0.481 e. The third-order valence-corrected chi connectivity index (χ3v) is 4.45. The lowest BCUT2D eigenvalue weighted by Crippen LogP contribution is -2.41. The highest BCUT2D eigenvalue weighted by Gasteiger charge is 2.22. The summed E-state index contributed by atoms with van der Waals surface area (Å²) >= 11 is 12.0. The molecule has 3 rings (SSSR count). The van der Waals surface area contributed by atoms with Crippen LogP contribution in [-0.4, -0.2) is 39.1 Å². The predicted molar refractivity (Wildman–Crippen MR) is 105 cm³/mol. The van der Waals surface area contributed by atoms with E-state index in [1.165, 1.54) is 12.1 Å². The van der Waals surface area contributed by atoms with Gasteiger partial charge in [0.05, 0.1) is 0 Å². The summed E-state index contributed by atoms with van der Waals surface area (Å²) in [4.78, 5) is 38.6. The van der Waals surface area contributed by atoms with E-state index in [0.717, 1.165) is 0 Å². The highest BCUT2D eigenvalue weighted by molar-refractivity contribution is 6.35. The van der Waals surface area contributed by atoms with E-state index in [0.29, 0.717) is 26.7 Å². The minimum absolute atomic E-state index is 0.144. The average molecular weight is 437 g/mol. The van der Waals surface area contributed by atoms with Crippen LogP contribution in [0.5, 0.6) is 0 Å². The second-order valence-corrected chi connectivity index (χ2v) is 7.03. The van der Waals surface area contributed by atoms with E-state index in [-0.39, 0.29) is 24.3 Å². The SMILES string of the molecule is O=C(O)CCC(NC(=O)c1ccc2nc(-c3cc(Cl)cc(Cl)c3)oc2c1)C(=O)O. The molecule has 0 radical (unpaired) electrons. The number of aliphatic carboxylic acids is 2. The molecular formula is C19H14Cl2N2O6. The van der Waals surface area contributed by atoms with Crippen LogP contribution < -0.4 is 5.32 Å². The fraction of sp³-hybridized carbons (Fsp3) is 0.158. The molecule has 0 aliphatic heterocycles. The molecule has 0 fully saturated rings. The number of benzene rings is 2. The Morgan fingerprint density at radius 3 is 2.38 bits per heavy atom. The van der Waals surface area contributed by atoms with E-state index in [2.05, 4.69) is 10.3 Å². The van der Waals surface area contributed by atoms with Crippen LogP contribution in [0.15, 0.2) is 40.8 Å². The van der Waals surface area contributed by atoms with Crippen molar-refractivity contribution in [1.82, 2.24) is 10.3 Å².